The molecule has 0 amide bonds. The highest BCUT2D eigenvalue weighted by atomic mass is 14.6. The molecule has 0 aromatic rings. The summed E-state index contributed by atoms with van der Waals surface area (Å²) in [5, 5.41) is 0. The first-order valence-corrected chi connectivity index (χ1v) is 4.62. The summed E-state index contributed by atoms with van der Waals surface area (Å²) in [6.45, 7) is 2.34. The van der Waals surface area contributed by atoms with Gasteiger partial charge in [0.2, 0.25) is 0 Å². The number of rotatable bonds is 1. The van der Waals surface area contributed by atoms with Gasteiger partial charge in [0.05, 0.1) is 0 Å². The van der Waals surface area contributed by atoms with Crippen molar-refractivity contribution < 1.29 is 0 Å². The SMILES string of the molecule is CCC1CC2=C1C1CC1C2. The summed E-state index contributed by atoms with van der Waals surface area (Å²) in [4.78, 5) is 0. The van der Waals surface area contributed by atoms with E-state index >= 15 is 0 Å². The van der Waals surface area contributed by atoms with E-state index in [1.807, 2.05) is 11.1 Å². The van der Waals surface area contributed by atoms with Gasteiger partial charge in [0.25, 0.3) is 0 Å². The van der Waals surface area contributed by atoms with Crippen molar-refractivity contribution in [2.45, 2.75) is 32.6 Å². The molecule has 0 heterocycles. The lowest BCUT2D eigenvalue weighted by Crippen LogP contribution is -2.16. The van der Waals surface area contributed by atoms with Gasteiger partial charge in [-0.2, -0.15) is 0 Å². The predicted molar refractivity (Wildman–Crippen MR) is 41.6 cm³/mol. The van der Waals surface area contributed by atoms with Gasteiger partial charge in [-0.3, -0.25) is 0 Å². The molecule has 1 saturated carbocycles. The maximum atomic E-state index is 2.34. The molecule has 0 aliphatic heterocycles. The van der Waals surface area contributed by atoms with Crippen LogP contribution in [0.1, 0.15) is 32.6 Å². The van der Waals surface area contributed by atoms with Crippen LogP contribution in [0.3, 0.4) is 0 Å². The molecule has 3 aliphatic carbocycles. The van der Waals surface area contributed by atoms with E-state index in [-0.39, 0.29) is 0 Å². The normalized spacial score (nSPS) is 48.3. The van der Waals surface area contributed by atoms with E-state index in [0.29, 0.717) is 0 Å². The van der Waals surface area contributed by atoms with Gasteiger partial charge in [-0.1, -0.05) is 18.1 Å². The zero-order valence-corrected chi connectivity index (χ0v) is 6.56. The van der Waals surface area contributed by atoms with Crippen LogP contribution in [0.2, 0.25) is 0 Å². The molecule has 0 spiro atoms. The van der Waals surface area contributed by atoms with Crippen LogP contribution in [0.15, 0.2) is 11.1 Å². The average Bonchev–Trinajstić information content (AvgIpc) is 2.54. The molecule has 3 rings (SSSR count). The molecular weight excluding hydrogens is 120 g/mol. The Balaban J connectivity index is 1.91. The molecule has 10 heavy (non-hydrogen) atoms. The maximum Gasteiger partial charge on any atom is -0.0163 e. The van der Waals surface area contributed by atoms with Crippen molar-refractivity contribution in [3.63, 3.8) is 0 Å². The van der Waals surface area contributed by atoms with Gasteiger partial charge >= 0.3 is 0 Å². The smallest absolute Gasteiger partial charge is 0.0163 e. The van der Waals surface area contributed by atoms with E-state index < -0.39 is 0 Å². The molecule has 0 bridgehead atoms. The Hall–Kier alpha value is -0.260. The van der Waals surface area contributed by atoms with Crippen LogP contribution in [0.25, 0.3) is 0 Å². The minimum Gasteiger partial charge on any atom is -0.0695 e. The highest BCUT2D eigenvalue weighted by Gasteiger charge is 2.52. The zero-order valence-electron chi connectivity index (χ0n) is 6.56. The second kappa shape index (κ2) is 1.49. The number of hydrogen-bond donors (Lipinski definition) is 0. The van der Waals surface area contributed by atoms with Crippen molar-refractivity contribution in [3.05, 3.63) is 11.1 Å². The molecular formula is C10H14. The fourth-order valence-corrected chi connectivity index (χ4v) is 2.98. The predicted octanol–water partition coefficient (Wildman–Crippen LogP) is 2.75. The minimum absolute atomic E-state index is 1.03. The number of fused-ring (bicyclic) bond motifs is 2. The third-order valence-corrected chi connectivity index (χ3v) is 3.66. The van der Waals surface area contributed by atoms with Crippen molar-refractivity contribution >= 4 is 0 Å². The van der Waals surface area contributed by atoms with Crippen molar-refractivity contribution in [1.82, 2.24) is 0 Å². The molecule has 3 aliphatic rings. The van der Waals surface area contributed by atoms with Gasteiger partial charge in [-0.15, -0.1) is 0 Å². The second-order valence-electron chi connectivity index (χ2n) is 4.17. The lowest BCUT2D eigenvalue weighted by atomic mass is 9.75. The fraction of sp³-hybridized carbons (Fsp3) is 0.800. The van der Waals surface area contributed by atoms with Gasteiger partial charge in [0.15, 0.2) is 0 Å². The molecule has 3 unspecified atom stereocenters. The van der Waals surface area contributed by atoms with Crippen molar-refractivity contribution in [2.24, 2.45) is 17.8 Å². The minimum atomic E-state index is 1.03. The highest BCUT2D eigenvalue weighted by molar-refractivity contribution is 5.40. The molecule has 0 aromatic heterocycles. The first kappa shape index (κ1) is 5.40. The lowest BCUT2D eigenvalue weighted by molar-refractivity contribution is 0.493. The molecule has 0 aromatic carbocycles. The van der Waals surface area contributed by atoms with Crippen molar-refractivity contribution in [2.75, 3.05) is 0 Å². The van der Waals surface area contributed by atoms with Crippen LogP contribution in [0.5, 0.6) is 0 Å². The second-order valence-corrected chi connectivity index (χ2v) is 4.17. The molecule has 0 heteroatoms. The summed E-state index contributed by atoms with van der Waals surface area (Å²) in [5.41, 5.74) is 3.79. The van der Waals surface area contributed by atoms with Gasteiger partial charge in [0, 0.05) is 0 Å². The van der Waals surface area contributed by atoms with E-state index in [2.05, 4.69) is 6.92 Å². The van der Waals surface area contributed by atoms with Gasteiger partial charge in [0.1, 0.15) is 0 Å². The van der Waals surface area contributed by atoms with Crippen LogP contribution in [-0.2, 0) is 0 Å². The standard InChI is InChI=1S/C10H14/c1-2-6-3-8-4-7-5-9(7)10(6)8/h6-7,9H,2-5H2,1H3. The molecule has 0 N–H and O–H groups in total. The Bertz CT molecular complexity index is 212. The Kier molecular flexibility index (Phi) is 0.805. The number of allylic oxidation sites excluding steroid dienone is 2. The maximum absolute atomic E-state index is 2.34. The van der Waals surface area contributed by atoms with Gasteiger partial charge < -0.3 is 0 Å². The monoisotopic (exact) mass is 134 g/mol. The van der Waals surface area contributed by atoms with Crippen molar-refractivity contribution in [3.8, 4) is 0 Å². The molecule has 0 nitrogen and oxygen atoms in total. The summed E-state index contributed by atoms with van der Waals surface area (Å²) in [5.74, 6) is 3.28. The topological polar surface area (TPSA) is 0 Å². The lowest BCUT2D eigenvalue weighted by Gasteiger charge is -2.30. The summed E-state index contributed by atoms with van der Waals surface area (Å²) >= 11 is 0. The first-order chi connectivity index (χ1) is 4.90. The van der Waals surface area contributed by atoms with Crippen LogP contribution in [0, 0.1) is 17.8 Å². The van der Waals surface area contributed by atoms with Gasteiger partial charge in [-0.25, -0.2) is 0 Å². The summed E-state index contributed by atoms with van der Waals surface area (Å²) in [6, 6.07) is 0. The van der Waals surface area contributed by atoms with Crippen LogP contribution >= 0.6 is 0 Å². The quantitative estimate of drug-likeness (QED) is 0.484. The Morgan fingerprint density at radius 1 is 1.40 bits per heavy atom. The van der Waals surface area contributed by atoms with E-state index in [0.717, 1.165) is 17.8 Å². The van der Waals surface area contributed by atoms with E-state index in [4.69, 9.17) is 0 Å². The van der Waals surface area contributed by atoms with Crippen LogP contribution < -0.4 is 0 Å². The van der Waals surface area contributed by atoms with Crippen LogP contribution in [0.4, 0.5) is 0 Å². The number of hydrogen-bond acceptors (Lipinski definition) is 0. The summed E-state index contributed by atoms with van der Waals surface area (Å²) in [7, 11) is 0. The highest BCUT2D eigenvalue weighted by Crippen LogP contribution is 2.64. The zero-order chi connectivity index (χ0) is 6.72. The average molecular weight is 134 g/mol. The van der Waals surface area contributed by atoms with E-state index in [1.165, 1.54) is 19.3 Å². The first-order valence-electron chi connectivity index (χ1n) is 4.62. The van der Waals surface area contributed by atoms with E-state index in [9.17, 15) is 0 Å². The molecule has 0 radical (unpaired) electrons. The van der Waals surface area contributed by atoms with Crippen LogP contribution in [-0.4, -0.2) is 0 Å². The van der Waals surface area contributed by atoms with E-state index in [1.54, 1.807) is 6.42 Å². The fourth-order valence-electron chi connectivity index (χ4n) is 2.98. The molecule has 3 atom stereocenters. The third kappa shape index (κ3) is 0.457. The Morgan fingerprint density at radius 3 is 3.00 bits per heavy atom. The van der Waals surface area contributed by atoms with Crippen molar-refractivity contribution in [1.29, 1.82) is 0 Å². The summed E-state index contributed by atoms with van der Waals surface area (Å²) in [6.07, 6.45) is 5.92. The Labute approximate surface area is 62.3 Å². The molecule has 0 saturated heterocycles. The van der Waals surface area contributed by atoms with Gasteiger partial charge in [-0.05, 0) is 43.4 Å². The Morgan fingerprint density at radius 2 is 2.30 bits per heavy atom. The largest absolute Gasteiger partial charge is 0.0695 e. The molecule has 54 valence electrons. The summed E-state index contributed by atoms with van der Waals surface area (Å²) < 4.78 is 0. The molecule has 1 fully saturated rings. The third-order valence-electron chi connectivity index (χ3n) is 3.66.